The number of carbonyl (C=O) groups excluding carboxylic acids is 1. The molecule has 7 nitrogen and oxygen atoms in total. The van der Waals surface area contributed by atoms with Crippen LogP contribution in [0.4, 0.5) is 0 Å². The van der Waals surface area contributed by atoms with E-state index in [1.165, 1.54) is 83.3 Å². The highest BCUT2D eigenvalue weighted by molar-refractivity contribution is 5.79. The zero-order valence-electron chi connectivity index (χ0n) is 19.5. The third-order valence-electron chi connectivity index (χ3n) is 5.57. The van der Waals surface area contributed by atoms with E-state index in [4.69, 9.17) is 15.6 Å². The van der Waals surface area contributed by atoms with Gasteiger partial charge in [-0.15, -0.1) is 0 Å². The third-order valence-corrected chi connectivity index (χ3v) is 5.57. The van der Waals surface area contributed by atoms with E-state index in [-0.39, 0.29) is 0 Å². The first-order valence-corrected chi connectivity index (χ1v) is 12.2. The molecule has 0 heterocycles. The summed E-state index contributed by atoms with van der Waals surface area (Å²) in [6, 6.07) is 0. The van der Waals surface area contributed by atoms with E-state index in [2.05, 4.69) is 6.92 Å². The molecule has 184 valence electrons. The monoisotopic (exact) mass is 445 g/mol. The molecule has 0 aliphatic rings. The third kappa shape index (κ3) is 16.2. The molecule has 0 fully saturated rings. The maximum atomic E-state index is 11.4. The van der Waals surface area contributed by atoms with Crippen LogP contribution >= 0.6 is 0 Å². The summed E-state index contributed by atoms with van der Waals surface area (Å²) >= 11 is 0. The largest absolute Gasteiger partial charge is 0.486 e. The van der Waals surface area contributed by atoms with Crippen molar-refractivity contribution in [2.75, 3.05) is 6.61 Å². The predicted octanol–water partition coefficient (Wildman–Crippen LogP) is 3.32. The number of aliphatic hydroxyl groups excluding tert-OH is 4. The molecule has 0 aliphatic carbocycles. The highest BCUT2D eigenvalue weighted by Gasteiger charge is 2.35. The summed E-state index contributed by atoms with van der Waals surface area (Å²) in [6.07, 6.45) is 15.5. The van der Waals surface area contributed by atoms with Gasteiger partial charge in [0.05, 0.1) is 12.9 Å². The van der Waals surface area contributed by atoms with Gasteiger partial charge in [-0.2, -0.15) is 0 Å². The van der Waals surface area contributed by atoms with Gasteiger partial charge in [0.15, 0.2) is 0 Å². The second-order valence-corrected chi connectivity index (χ2v) is 8.45. The molecule has 0 saturated carbocycles. The first-order valence-electron chi connectivity index (χ1n) is 12.2. The summed E-state index contributed by atoms with van der Waals surface area (Å²) in [5.41, 5.74) is 5.18. The van der Waals surface area contributed by atoms with Crippen LogP contribution in [0.2, 0.25) is 0 Å². The molecule has 0 bridgehead atoms. The Balaban J connectivity index is 3.68. The SMILES string of the molecule is CCCCCCCCCCCCCCCC/C=C/O[C@@H](C(N)=O)[C@@H](O)[C@H](O)[C@H](O)CO. The van der Waals surface area contributed by atoms with E-state index in [0.717, 1.165) is 19.3 Å². The van der Waals surface area contributed by atoms with Gasteiger partial charge in [-0.3, -0.25) is 4.79 Å². The molecule has 0 aromatic rings. The van der Waals surface area contributed by atoms with Crippen molar-refractivity contribution in [2.45, 2.75) is 128 Å². The number of rotatable bonds is 22. The molecule has 0 radical (unpaired) electrons. The van der Waals surface area contributed by atoms with Crippen LogP contribution < -0.4 is 5.73 Å². The molecule has 0 aliphatic heterocycles. The number of carbonyl (C=O) groups is 1. The van der Waals surface area contributed by atoms with Crippen LogP contribution in [0.25, 0.3) is 0 Å². The molecule has 4 atom stereocenters. The molecule has 1 amide bonds. The number of amides is 1. The fraction of sp³-hybridized carbons (Fsp3) is 0.875. The number of hydrogen-bond acceptors (Lipinski definition) is 6. The summed E-state index contributed by atoms with van der Waals surface area (Å²) < 4.78 is 5.14. The number of ether oxygens (including phenoxy) is 1. The zero-order valence-corrected chi connectivity index (χ0v) is 19.5. The minimum Gasteiger partial charge on any atom is -0.486 e. The quantitative estimate of drug-likeness (QED) is 0.128. The second-order valence-electron chi connectivity index (χ2n) is 8.45. The van der Waals surface area contributed by atoms with Crippen molar-refractivity contribution in [2.24, 2.45) is 5.73 Å². The van der Waals surface area contributed by atoms with Gasteiger partial charge in [0.25, 0.3) is 5.91 Å². The van der Waals surface area contributed by atoms with Gasteiger partial charge in [0, 0.05) is 0 Å². The van der Waals surface area contributed by atoms with Gasteiger partial charge in [-0.1, -0.05) is 90.4 Å². The van der Waals surface area contributed by atoms with E-state index in [9.17, 15) is 20.1 Å². The van der Waals surface area contributed by atoms with Gasteiger partial charge in [0.1, 0.15) is 18.3 Å². The number of nitrogens with two attached hydrogens (primary N) is 1. The lowest BCUT2D eigenvalue weighted by molar-refractivity contribution is -0.147. The van der Waals surface area contributed by atoms with Crippen LogP contribution in [0, 0.1) is 0 Å². The van der Waals surface area contributed by atoms with E-state index in [0.29, 0.717) is 0 Å². The lowest BCUT2D eigenvalue weighted by Crippen LogP contribution is -2.51. The van der Waals surface area contributed by atoms with Crippen molar-refractivity contribution < 1.29 is 30.0 Å². The Hall–Kier alpha value is -1.15. The highest BCUT2D eigenvalue weighted by atomic mass is 16.5. The number of aliphatic hydroxyl groups is 4. The Bertz CT molecular complexity index is 446. The highest BCUT2D eigenvalue weighted by Crippen LogP contribution is 2.14. The topological polar surface area (TPSA) is 133 Å². The molecule has 7 heteroatoms. The Kier molecular flexibility index (Phi) is 20.0. The standard InChI is InChI=1S/C24H47NO6/c1-2-3-4-5-6-7-8-9-10-11-12-13-14-15-16-17-18-31-23(24(25)30)22(29)21(28)20(27)19-26/h17-18,20-23,26-29H,2-16,19H2,1H3,(H2,25,30)/b18-17+/t20-,21-,22+,23-/m1/s1. The van der Waals surface area contributed by atoms with Crippen molar-refractivity contribution in [3.63, 3.8) is 0 Å². The molecule has 0 rings (SSSR count). The summed E-state index contributed by atoms with van der Waals surface area (Å²) in [7, 11) is 0. The molecule has 31 heavy (non-hydrogen) atoms. The molecular weight excluding hydrogens is 398 g/mol. The smallest absolute Gasteiger partial charge is 0.261 e. The van der Waals surface area contributed by atoms with Crippen LogP contribution in [-0.4, -0.2) is 57.4 Å². The molecule has 0 aromatic carbocycles. The summed E-state index contributed by atoms with van der Waals surface area (Å²) in [5, 5.41) is 37.8. The molecule has 6 N–H and O–H groups in total. The predicted molar refractivity (Wildman–Crippen MR) is 123 cm³/mol. The number of hydrogen-bond donors (Lipinski definition) is 5. The van der Waals surface area contributed by atoms with Crippen LogP contribution in [-0.2, 0) is 9.53 Å². The lowest BCUT2D eigenvalue weighted by Gasteiger charge is -2.26. The van der Waals surface area contributed by atoms with E-state index in [1.807, 2.05) is 0 Å². The first-order chi connectivity index (χ1) is 15.0. The van der Waals surface area contributed by atoms with Crippen LogP contribution in [0.5, 0.6) is 0 Å². The van der Waals surface area contributed by atoms with Crippen LogP contribution in [0.1, 0.15) is 103 Å². The normalized spacial score (nSPS) is 15.6. The Morgan fingerprint density at radius 1 is 0.806 bits per heavy atom. The summed E-state index contributed by atoms with van der Waals surface area (Å²) in [6.45, 7) is 1.50. The minimum atomic E-state index is -1.73. The summed E-state index contributed by atoms with van der Waals surface area (Å²) in [4.78, 5) is 11.4. The summed E-state index contributed by atoms with van der Waals surface area (Å²) in [5.74, 6) is -0.960. The van der Waals surface area contributed by atoms with Gasteiger partial charge in [0.2, 0.25) is 6.10 Å². The Labute approximate surface area is 188 Å². The van der Waals surface area contributed by atoms with Crippen molar-refractivity contribution in [3.05, 3.63) is 12.3 Å². The number of primary amides is 1. The number of unbranched alkanes of at least 4 members (excludes halogenated alkanes) is 14. The van der Waals surface area contributed by atoms with Crippen molar-refractivity contribution in [1.29, 1.82) is 0 Å². The minimum absolute atomic E-state index is 0.751. The maximum Gasteiger partial charge on any atom is 0.261 e. The van der Waals surface area contributed by atoms with Crippen molar-refractivity contribution in [1.82, 2.24) is 0 Å². The van der Waals surface area contributed by atoms with Gasteiger partial charge in [-0.25, -0.2) is 0 Å². The van der Waals surface area contributed by atoms with Crippen molar-refractivity contribution in [3.8, 4) is 0 Å². The van der Waals surface area contributed by atoms with E-state index < -0.39 is 36.9 Å². The average molecular weight is 446 g/mol. The van der Waals surface area contributed by atoms with Crippen LogP contribution in [0.15, 0.2) is 12.3 Å². The fourth-order valence-electron chi connectivity index (χ4n) is 3.50. The second kappa shape index (κ2) is 20.7. The Morgan fingerprint density at radius 2 is 1.26 bits per heavy atom. The molecule has 0 aromatic heterocycles. The van der Waals surface area contributed by atoms with Crippen molar-refractivity contribution >= 4 is 5.91 Å². The van der Waals surface area contributed by atoms with E-state index >= 15 is 0 Å². The van der Waals surface area contributed by atoms with Crippen LogP contribution in [0.3, 0.4) is 0 Å². The molecule has 0 spiro atoms. The lowest BCUT2D eigenvalue weighted by atomic mass is 10.0. The Morgan fingerprint density at radius 3 is 1.68 bits per heavy atom. The van der Waals surface area contributed by atoms with E-state index in [1.54, 1.807) is 6.08 Å². The first kappa shape index (κ1) is 29.9. The molecule has 0 saturated heterocycles. The zero-order chi connectivity index (χ0) is 23.3. The fourth-order valence-corrected chi connectivity index (χ4v) is 3.50. The number of allylic oxidation sites excluding steroid dienone is 1. The maximum absolute atomic E-state index is 11.4. The average Bonchev–Trinajstić information content (AvgIpc) is 2.76. The molecule has 0 unspecified atom stereocenters. The van der Waals surface area contributed by atoms with Gasteiger partial charge >= 0.3 is 0 Å². The van der Waals surface area contributed by atoms with Gasteiger partial charge in [-0.05, 0) is 18.9 Å². The van der Waals surface area contributed by atoms with Gasteiger partial charge < -0.3 is 30.9 Å². The molecular formula is C24H47NO6.